The molecule has 3 aromatic rings. The van der Waals surface area contributed by atoms with Crippen LogP contribution in [-0.4, -0.2) is 80.9 Å². The minimum Gasteiger partial charge on any atom is -0.502 e. The normalized spacial score (nSPS) is 20.5. The van der Waals surface area contributed by atoms with Crippen molar-refractivity contribution in [1.82, 2.24) is 24.7 Å². The molecule has 1 fully saturated rings. The highest BCUT2D eigenvalue weighted by Crippen LogP contribution is 2.42. The molecule has 43 heavy (non-hydrogen) atoms. The second-order valence-electron chi connectivity index (χ2n) is 11.2. The number of hydrogen-bond donors (Lipinski definition) is 1. The first-order chi connectivity index (χ1) is 20.1. The number of aromatic nitrogens is 3. The van der Waals surface area contributed by atoms with E-state index in [1.165, 1.54) is 28.9 Å². The van der Waals surface area contributed by atoms with Crippen molar-refractivity contribution in [2.24, 2.45) is 5.92 Å². The summed E-state index contributed by atoms with van der Waals surface area (Å²) in [4.78, 5) is 42.1. The van der Waals surface area contributed by atoms with Crippen LogP contribution in [0.15, 0.2) is 29.2 Å². The first-order valence-corrected chi connectivity index (χ1v) is 14.3. The summed E-state index contributed by atoms with van der Waals surface area (Å²) in [7, 11) is 4.59. The first kappa shape index (κ1) is 30.4. The predicted molar refractivity (Wildman–Crippen MR) is 150 cm³/mol. The van der Waals surface area contributed by atoms with Gasteiger partial charge in [-0.1, -0.05) is 17.4 Å². The Labute approximate surface area is 248 Å². The van der Waals surface area contributed by atoms with Gasteiger partial charge in [0.15, 0.2) is 16.5 Å². The molecular formula is C28H30F4N6O4S. The van der Waals surface area contributed by atoms with Gasteiger partial charge >= 0.3 is 0 Å². The lowest BCUT2D eigenvalue weighted by Crippen LogP contribution is -2.69. The van der Waals surface area contributed by atoms with E-state index in [0.29, 0.717) is 30.7 Å². The molecule has 1 spiro atoms. The van der Waals surface area contributed by atoms with E-state index in [1.54, 1.807) is 19.1 Å². The van der Waals surface area contributed by atoms with Crippen molar-refractivity contribution in [3.8, 4) is 16.3 Å². The summed E-state index contributed by atoms with van der Waals surface area (Å²) in [5.41, 5.74) is -1.86. The second-order valence-corrected chi connectivity index (χ2v) is 12.3. The highest BCUT2D eigenvalue weighted by atomic mass is 32.1. The van der Waals surface area contributed by atoms with Crippen LogP contribution in [0.3, 0.4) is 0 Å². The molecule has 5 rings (SSSR count). The summed E-state index contributed by atoms with van der Waals surface area (Å²) in [6.45, 7) is 0.0601. The molecule has 1 aromatic carbocycles. The molecule has 0 bridgehead atoms. The zero-order chi connectivity index (χ0) is 31.4. The molecule has 0 atom stereocenters. The second kappa shape index (κ2) is 10.9. The van der Waals surface area contributed by atoms with E-state index in [4.69, 9.17) is 0 Å². The number of fused-ring (bicyclic) bond motifs is 1. The number of pyridine rings is 1. The van der Waals surface area contributed by atoms with Crippen molar-refractivity contribution >= 4 is 23.2 Å². The van der Waals surface area contributed by atoms with Gasteiger partial charge in [0.25, 0.3) is 11.8 Å². The van der Waals surface area contributed by atoms with Gasteiger partial charge in [0, 0.05) is 52.7 Å². The Balaban J connectivity index is 1.43. The van der Waals surface area contributed by atoms with Crippen LogP contribution in [0.1, 0.15) is 53.7 Å². The third-order valence-corrected chi connectivity index (χ3v) is 9.26. The zero-order valence-corrected chi connectivity index (χ0v) is 24.7. The fourth-order valence-corrected chi connectivity index (χ4v) is 6.87. The predicted octanol–water partition coefficient (Wildman–Crippen LogP) is 3.59. The van der Waals surface area contributed by atoms with Crippen LogP contribution in [0.5, 0.6) is 5.75 Å². The lowest BCUT2D eigenvalue weighted by atomic mass is 9.79. The number of nitrogens with zero attached hydrogens (tertiary/aromatic N) is 6. The molecule has 3 heterocycles. The van der Waals surface area contributed by atoms with Crippen LogP contribution in [0.25, 0.3) is 10.6 Å². The first-order valence-electron chi connectivity index (χ1n) is 13.5. The number of hydrogen-bond acceptors (Lipinski definition) is 8. The Hall–Kier alpha value is -4.01. The molecule has 0 saturated heterocycles. The molecule has 0 radical (unpaired) electrons. The molecule has 1 saturated carbocycles. The molecule has 1 aliphatic heterocycles. The molecule has 1 N–H and O–H groups in total. The Kier molecular flexibility index (Phi) is 7.73. The third-order valence-electron chi connectivity index (χ3n) is 8.30. The van der Waals surface area contributed by atoms with Gasteiger partial charge in [-0.25, -0.2) is 17.6 Å². The fourth-order valence-electron chi connectivity index (χ4n) is 6.00. The van der Waals surface area contributed by atoms with Gasteiger partial charge in [-0.3, -0.25) is 24.1 Å². The smallest absolute Gasteiger partial charge is 0.278 e. The summed E-state index contributed by atoms with van der Waals surface area (Å²) in [6.07, 6.45) is 2.70. The van der Waals surface area contributed by atoms with Crippen molar-refractivity contribution in [3.63, 3.8) is 0 Å². The van der Waals surface area contributed by atoms with Gasteiger partial charge < -0.3 is 14.9 Å². The Morgan fingerprint density at radius 3 is 2.49 bits per heavy atom. The van der Waals surface area contributed by atoms with E-state index in [0.717, 1.165) is 35.3 Å². The van der Waals surface area contributed by atoms with Crippen molar-refractivity contribution in [1.29, 1.82) is 0 Å². The molecule has 2 aromatic heterocycles. The minimum absolute atomic E-state index is 0.000690. The number of rotatable bonds is 6. The third kappa shape index (κ3) is 5.45. The Morgan fingerprint density at radius 2 is 1.86 bits per heavy atom. The van der Waals surface area contributed by atoms with E-state index in [2.05, 4.69) is 10.2 Å². The number of carbonyl (C=O) groups is 2. The largest absolute Gasteiger partial charge is 0.502 e. The van der Waals surface area contributed by atoms with Crippen molar-refractivity contribution < 1.29 is 32.3 Å². The van der Waals surface area contributed by atoms with E-state index in [-0.39, 0.29) is 34.2 Å². The topological polar surface area (TPSA) is 112 Å². The maximum Gasteiger partial charge on any atom is 0.278 e. The number of aromatic hydroxyl groups is 1. The van der Waals surface area contributed by atoms with Crippen molar-refractivity contribution in [3.05, 3.63) is 62.5 Å². The molecule has 2 aliphatic rings. The van der Waals surface area contributed by atoms with E-state index in [9.17, 15) is 37.1 Å². The monoisotopic (exact) mass is 622 g/mol. The van der Waals surface area contributed by atoms with Gasteiger partial charge in [0.2, 0.25) is 11.3 Å². The summed E-state index contributed by atoms with van der Waals surface area (Å²) >= 11 is 0.990. The van der Waals surface area contributed by atoms with Crippen LogP contribution in [-0.2, 0) is 11.2 Å². The zero-order valence-electron chi connectivity index (χ0n) is 23.9. The number of benzene rings is 1. The minimum atomic E-state index is -3.03. The van der Waals surface area contributed by atoms with Crippen LogP contribution >= 0.6 is 11.3 Å². The summed E-state index contributed by atoms with van der Waals surface area (Å²) < 4.78 is 55.8. The highest BCUT2D eigenvalue weighted by molar-refractivity contribution is 7.14. The maximum atomic E-state index is 14.2. The Bertz CT molecular complexity index is 1650. The number of halogens is 4. The lowest BCUT2D eigenvalue weighted by molar-refractivity contribution is -0.140. The van der Waals surface area contributed by atoms with Gasteiger partial charge in [-0.2, -0.15) is 0 Å². The molecule has 1 aliphatic carbocycles. The fraction of sp³-hybridized carbons (Fsp3) is 0.464. The van der Waals surface area contributed by atoms with Gasteiger partial charge in [0.05, 0.1) is 12.1 Å². The maximum absolute atomic E-state index is 14.2. The summed E-state index contributed by atoms with van der Waals surface area (Å²) in [5.74, 6) is -6.75. The molecule has 15 heteroatoms. The molecular weight excluding hydrogens is 592 g/mol. The van der Waals surface area contributed by atoms with Gasteiger partial charge in [-0.15, -0.1) is 10.2 Å². The van der Waals surface area contributed by atoms with Crippen LogP contribution in [0.2, 0.25) is 0 Å². The molecule has 2 amide bonds. The van der Waals surface area contributed by atoms with Gasteiger partial charge in [0.1, 0.15) is 22.3 Å². The van der Waals surface area contributed by atoms with Crippen molar-refractivity contribution in [2.45, 2.75) is 50.6 Å². The SMILES string of the molecule is CN(CC(C)(F)F)C(=O)C1CCC2(CC1)N(C)C(=O)c1c(O)c(=O)c(-c3nnc(Cc4ccc(F)cc4F)s3)cn1N2C. The number of amides is 2. The molecule has 230 valence electrons. The van der Waals surface area contributed by atoms with Crippen LogP contribution in [0.4, 0.5) is 17.6 Å². The summed E-state index contributed by atoms with van der Waals surface area (Å²) in [6, 6.07) is 3.18. The average Bonchev–Trinajstić information content (AvgIpc) is 3.41. The van der Waals surface area contributed by atoms with E-state index in [1.807, 2.05) is 0 Å². The highest BCUT2D eigenvalue weighted by Gasteiger charge is 2.51. The lowest BCUT2D eigenvalue weighted by Gasteiger charge is -2.55. The standard InChI is InChI=1S/C28H30F4N6O4S/c1-27(31,32)14-35(2)25(41)15-7-9-28(10-8-15)36(3)26(42)21-23(40)22(39)18(13-38(21)37(28)4)24-34-33-20(43-24)11-16-5-6-17(29)12-19(16)30/h5-6,12-13,15,40H,7-11,14H2,1-4H3. The van der Waals surface area contributed by atoms with Crippen LogP contribution in [0, 0.1) is 17.6 Å². The summed E-state index contributed by atoms with van der Waals surface area (Å²) in [5, 5.41) is 21.2. The van der Waals surface area contributed by atoms with Crippen LogP contribution < -0.4 is 10.4 Å². The molecule has 0 unspecified atom stereocenters. The van der Waals surface area contributed by atoms with Crippen molar-refractivity contribution in [2.75, 3.05) is 32.7 Å². The molecule has 10 nitrogen and oxygen atoms in total. The Morgan fingerprint density at radius 1 is 1.19 bits per heavy atom. The van der Waals surface area contributed by atoms with E-state index < -0.39 is 52.8 Å². The number of carbonyl (C=O) groups excluding carboxylic acids is 2. The number of alkyl halides is 2. The average molecular weight is 623 g/mol. The van der Waals surface area contributed by atoms with Gasteiger partial charge in [-0.05, 0) is 37.3 Å². The van der Waals surface area contributed by atoms with E-state index >= 15 is 0 Å². The quantitative estimate of drug-likeness (QED) is 0.419.